The first-order valence-electron chi connectivity index (χ1n) is 5.84. The van der Waals surface area contributed by atoms with Crippen molar-refractivity contribution < 1.29 is 9.47 Å². The van der Waals surface area contributed by atoms with Gasteiger partial charge >= 0.3 is 0 Å². The molecule has 19 heavy (non-hydrogen) atoms. The Balaban J connectivity index is 2.13. The predicted molar refractivity (Wildman–Crippen MR) is 70.0 cm³/mol. The lowest BCUT2D eigenvalue weighted by atomic mass is 10.1. The van der Waals surface area contributed by atoms with Crippen molar-refractivity contribution in [2.75, 3.05) is 14.2 Å². The molecule has 0 aliphatic rings. The summed E-state index contributed by atoms with van der Waals surface area (Å²) >= 11 is 0. The van der Waals surface area contributed by atoms with Gasteiger partial charge in [-0.1, -0.05) is 6.07 Å². The van der Waals surface area contributed by atoms with Crippen LogP contribution in [-0.4, -0.2) is 29.2 Å². The lowest BCUT2D eigenvalue weighted by molar-refractivity contribution is 0.384. The molecule has 6 heteroatoms. The highest BCUT2D eigenvalue weighted by atomic mass is 16.5. The maximum atomic E-state index is 6.13. The van der Waals surface area contributed by atoms with Gasteiger partial charge in [0.1, 0.15) is 5.69 Å². The van der Waals surface area contributed by atoms with Crippen LogP contribution in [-0.2, 0) is 6.42 Å². The van der Waals surface area contributed by atoms with Crippen molar-refractivity contribution in [2.24, 2.45) is 5.73 Å². The monoisotopic (exact) mass is 260 g/mol. The molecule has 0 bridgehead atoms. The van der Waals surface area contributed by atoms with Gasteiger partial charge in [0.15, 0.2) is 0 Å². The van der Waals surface area contributed by atoms with Gasteiger partial charge in [-0.3, -0.25) is 4.98 Å². The summed E-state index contributed by atoms with van der Waals surface area (Å²) in [6, 6.07) is 3.43. The number of hydrogen-bond acceptors (Lipinski definition) is 6. The Hall–Kier alpha value is -2.21. The average molecular weight is 260 g/mol. The lowest BCUT2D eigenvalue weighted by Crippen LogP contribution is -2.16. The van der Waals surface area contributed by atoms with E-state index in [1.807, 2.05) is 6.07 Å². The van der Waals surface area contributed by atoms with Crippen LogP contribution in [0.25, 0.3) is 0 Å². The Morgan fingerprint density at radius 3 is 2.53 bits per heavy atom. The second kappa shape index (κ2) is 6.10. The number of hydrogen-bond donors (Lipinski definition) is 1. The summed E-state index contributed by atoms with van der Waals surface area (Å²) in [7, 11) is 3.13. The number of ether oxygens (including phenoxy) is 2. The van der Waals surface area contributed by atoms with E-state index < -0.39 is 0 Å². The van der Waals surface area contributed by atoms with Crippen molar-refractivity contribution in [3.05, 3.63) is 42.0 Å². The fraction of sp³-hybridized carbons (Fsp3) is 0.308. The molecule has 2 N–H and O–H groups in total. The Morgan fingerprint density at radius 2 is 1.89 bits per heavy atom. The summed E-state index contributed by atoms with van der Waals surface area (Å²) in [6.45, 7) is 0. The molecule has 0 amide bonds. The first-order chi connectivity index (χ1) is 9.24. The highest BCUT2D eigenvalue weighted by molar-refractivity contribution is 5.25. The molecule has 1 unspecified atom stereocenters. The van der Waals surface area contributed by atoms with Gasteiger partial charge in [-0.15, -0.1) is 0 Å². The molecule has 0 spiro atoms. The van der Waals surface area contributed by atoms with Gasteiger partial charge in [-0.25, -0.2) is 9.97 Å². The average Bonchev–Trinajstić information content (AvgIpc) is 2.48. The van der Waals surface area contributed by atoms with Crippen LogP contribution < -0.4 is 15.2 Å². The predicted octanol–water partition coefficient (Wildman–Crippen LogP) is 1.13. The van der Waals surface area contributed by atoms with Crippen LogP contribution in [0.2, 0.25) is 0 Å². The van der Waals surface area contributed by atoms with Crippen LogP contribution in [0.3, 0.4) is 0 Å². The first-order valence-corrected chi connectivity index (χ1v) is 5.84. The van der Waals surface area contributed by atoms with Crippen LogP contribution in [0.5, 0.6) is 11.8 Å². The molecule has 2 aromatic heterocycles. The molecule has 100 valence electrons. The molecule has 0 aliphatic carbocycles. The maximum Gasteiger partial charge on any atom is 0.236 e. The molecule has 2 aromatic rings. The number of pyridine rings is 1. The smallest absolute Gasteiger partial charge is 0.236 e. The topological polar surface area (TPSA) is 83.2 Å². The summed E-state index contributed by atoms with van der Waals surface area (Å²) in [4.78, 5) is 12.5. The molecule has 0 radical (unpaired) electrons. The second-order valence-electron chi connectivity index (χ2n) is 3.97. The SMILES string of the molecule is COc1ccc(CC(N)c2nccnc2OC)cn1. The molecule has 0 fully saturated rings. The number of methoxy groups -OCH3 is 2. The van der Waals surface area contributed by atoms with Gasteiger partial charge in [0.05, 0.1) is 20.3 Å². The maximum absolute atomic E-state index is 6.13. The van der Waals surface area contributed by atoms with E-state index in [2.05, 4.69) is 15.0 Å². The van der Waals surface area contributed by atoms with Crippen LogP contribution in [0, 0.1) is 0 Å². The van der Waals surface area contributed by atoms with Crippen LogP contribution in [0.4, 0.5) is 0 Å². The molecular weight excluding hydrogens is 244 g/mol. The van der Waals surface area contributed by atoms with Crippen molar-refractivity contribution in [1.29, 1.82) is 0 Å². The number of aromatic nitrogens is 3. The fourth-order valence-electron chi connectivity index (χ4n) is 1.75. The summed E-state index contributed by atoms with van der Waals surface area (Å²) in [5.74, 6) is 1.03. The van der Waals surface area contributed by atoms with E-state index in [1.165, 1.54) is 0 Å². The summed E-state index contributed by atoms with van der Waals surface area (Å²) < 4.78 is 10.2. The fourth-order valence-corrected chi connectivity index (χ4v) is 1.75. The summed E-state index contributed by atoms with van der Waals surface area (Å²) in [5.41, 5.74) is 7.77. The van der Waals surface area contributed by atoms with E-state index in [9.17, 15) is 0 Å². The third-order valence-electron chi connectivity index (χ3n) is 2.70. The normalized spacial score (nSPS) is 11.9. The van der Waals surface area contributed by atoms with Crippen molar-refractivity contribution >= 4 is 0 Å². The zero-order valence-electron chi connectivity index (χ0n) is 10.9. The molecule has 0 saturated carbocycles. The zero-order valence-corrected chi connectivity index (χ0v) is 10.9. The minimum Gasteiger partial charge on any atom is -0.481 e. The van der Waals surface area contributed by atoms with Gasteiger partial charge in [0.25, 0.3) is 0 Å². The third-order valence-corrected chi connectivity index (χ3v) is 2.70. The van der Waals surface area contributed by atoms with Crippen LogP contribution >= 0.6 is 0 Å². The van der Waals surface area contributed by atoms with Gasteiger partial charge in [0, 0.05) is 24.7 Å². The zero-order chi connectivity index (χ0) is 13.7. The molecule has 1 atom stereocenters. The van der Waals surface area contributed by atoms with Crippen LogP contribution in [0.15, 0.2) is 30.7 Å². The van der Waals surface area contributed by atoms with E-state index >= 15 is 0 Å². The molecule has 0 aromatic carbocycles. The highest BCUT2D eigenvalue weighted by Crippen LogP contribution is 2.21. The largest absolute Gasteiger partial charge is 0.481 e. The Morgan fingerprint density at radius 1 is 1.11 bits per heavy atom. The second-order valence-corrected chi connectivity index (χ2v) is 3.97. The van der Waals surface area contributed by atoms with Gasteiger partial charge in [0.2, 0.25) is 11.8 Å². The first kappa shape index (κ1) is 13.2. The van der Waals surface area contributed by atoms with Crippen molar-refractivity contribution in [2.45, 2.75) is 12.5 Å². The third kappa shape index (κ3) is 3.17. The molecule has 0 aliphatic heterocycles. The minimum atomic E-state index is -0.293. The number of nitrogens with two attached hydrogens (primary N) is 1. The van der Waals surface area contributed by atoms with Gasteiger partial charge in [-0.05, 0) is 12.0 Å². The van der Waals surface area contributed by atoms with Crippen LogP contribution in [0.1, 0.15) is 17.3 Å². The minimum absolute atomic E-state index is 0.293. The standard InChI is InChI=1S/C13H16N4O2/c1-18-11-4-3-9(8-17-11)7-10(14)12-13(19-2)16-6-5-15-12/h3-6,8,10H,7,14H2,1-2H3. The Labute approximate surface area is 111 Å². The lowest BCUT2D eigenvalue weighted by Gasteiger charge is -2.13. The van der Waals surface area contributed by atoms with Crippen molar-refractivity contribution in [3.63, 3.8) is 0 Å². The van der Waals surface area contributed by atoms with E-state index in [1.54, 1.807) is 38.9 Å². The van der Waals surface area contributed by atoms with E-state index in [0.29, 0.717) is 23.9 Å². The Kier molecular flexibility index (Phi) is 4.25. The molecule has 2 heterocycles. The highest BCUT2D eigenvalue weighted by Gasteiger charge is 2.15. The molecule has 6 nitrogen and oxygen atoms in total. The van der Waals surface area contributed by atoms with Gasteiger partial charge < -0.3 is 15.2 Å². The number of nitrogens with zero attached hydrogens (tertiary/aromatic N) is 3. The molecule has 2 rings (SSSR count). The molecule has 0 saturated heterocycles. The van der Waals surface area contributed by atoms with Crippen molar-refractivity contribution in [3.8, 4) is 11.8 Å². The summed E-state index contributed by atoms with van der Waals surface area (Å²) in [5, 5.41) is 0. The molecular formula is C13H16N4O2. The Bertz CT molecular complexity index is 530. The quantitative estimate of drug-likeness (QED) is 0.867. The number of rotatable bonds is 5. The van der Waals surface area contributed by atoms with E-state index in [0.717, 1.165) is 5.56 Å². The van der Waals surface area contributed by atoms with E-state index in [-0.39, 0.29) is 6.04 Å². The summed E-state index contributed by atoms with van der Waals surface area (Å²) in [6.07, 6.45) is 5.52. The van der Waals surface area contributed by atoms with Crippen molar-refractivity contribution in [1.82, 2.24) is 15.0 Å². The van der Waals surface area contributed by atoms with E-state index in [4.69, 9.17) is 15.2 Å². The van der Waals surface area contributed by atoms with Gasteiger partial charge in [-0.2, -0.15) is 0 Å².